The van der Waals surface area contributed by atoms with Crippen molar-refractivity contribution in [1.82, 2.24) is 9.80 Å². The molecule has 2 N–H and O–H groups in total. The van der Waals surface area contributed by atoms with E-state index in [1.165, 1.54) is 0 Å². The number of piperidine rings is 1. The first-order valence-corrected chi connectivity index (χ1v) is 7.91. The van der Waals surface area contributed by atoms with Gasteiger partial charge in [-0.1, -0.05) is 37.3 Å². The van der Waals surface area contributed by atoms with Gasteiger partial charge in [0.25, 0.3) is 0 Å². The van der Waals surface area contributed by atoms with Crippen molar-refractivity contribution in [2.75, 3.05) is 33.2 Å². The van der Waals surface area contributed by atoms with E-state index in [1.807, 2.05) is 42.3 Å². The molecule has 0 aliphatic carbocycles. The van der Waals surface area contributed by atoms with Crippen LogP contribution in [0.3, 0.4) is 0 Å². The van der Waals surface area contributed by atoms with Crippen molar-refractivity contribution >= 4 is 5.91 Å². The van der Waals surface area contributed by atoms with Crippen LogP contribution in [0.15, 0.2) is 30.3 Å². The van der Waals surface area contributed by atoms with Crippen LogP contribution in [0.5, 0.6) is 0 Å². The maximum Gasteiger partial charge on any atom is 0.231 e. The smallest absolute Gasteiger partial charge is 0.231 e. The van der Waals surface area contributed by atoms with Gasteiger partial charge in [-0.15, -0.1) is 0 Å². The molecule has 1 atom stereocenters. The number of hydrogen-bond acceptors (Lipinski definition) is 3. The molecule has 4 heteroatoms. The summed E-state index contributed by atoms with van der Waals surface area (Å²) in [7, 11) is 1.93. The Kier molecular flexibility index (Phi) is 5.76. The Morgan fingerprint density at radius 2 is 1.95 bits per heavy atom. The number of likely N-dealkylation sites (tertiary alicyclic amines) is 1. The lowest BCUT2D eigenvalue weighted by molar-refractivity contribution is -0.134. The topological polar surface area (TPSA) is 49.6 Å². The Bertz CT molecular complexity index is 441. The molecule has 116 valence electrons. The van der Waals surface area contributed by atoms with Gasteiger partial charge in [-0.05, 0) is 24.9 Å². The SMILES string of the molecule is CCN1CCC(N(C)C(=O)C(CN)c2ccccc2)CC1. The molecule has 1 aliphatic heterocycles. The van der Waals surface area contributed by atoms with Crippen LogP contribution >= 0.6 is 0 Å². The fourth-order valence-electron chi connectivity index (χ4n) is 3.11. The molecule has 0 spiro atoms. The van der Waals surface area contributed by atoms with Crippen LogP contribution in [0.1, 0.15) is 31.2 Å². The molecule has 0 saturated carbocycles. The third kappa shape index (κ3) is 3.83. The molecular formula is C17H27N3O. The van der Waals surface area contributed by atoms with Gasteiger partial charge >= 0.3 is 0 Å². The summed E-state index contributed by atoms with van der Waals surface area (Å²) in [5, 5.41) is 0. The summed E-state index contributed by atoms with van der Waals surface area (Å²) in [6.45, 7) is 5.81. The Morgan fingerprint density at radius 3 is 2.48 bits per heavy atom. The van der Waals surface area contributed by atoms with Crippen LogP contribution in [0.25, 0.3) is 0 Å². The van der Waals surface area contributed by atoms with E-state index in [4.69, 9.17) is 5.73 Å². The fourth-order valence-corrected chi connectivity index (χ4v) is 3.11. The van der Waals surface area contributed by atoms with Crippen molar-refractivity contribution in [1.29, 1.82) is 0 Å². The third-order valence-corrected chi connectivity index (χ3v) is 4.64. The van der Waals surface area contributed by atoms with Gasteiger partial charge in [0, 0.05) is 32.7 Å². The van der Waals surface area contributed by atoms with E-state index in [1.54, 1.807) is 0 Å². The van der Waals surface area contributed by atoms with E-state index in [9.17, 15) is 4.79 Å². The zero-order chi connectivity index (χ0) is 15.2. The highest BCUT2D eigenvalue weighted by Gasteiger charge is 2.29. The standard InChI is InChI=1S/C17H27N3O/c1-3-20-11-9-15(10-12-20)19(2)17(21)16(13-18)14-7-5-4-6-8-14/h4-8,15-16H,3,9-13,18H2,1-2H3. The molecule has 1 heterocycles. The van der Waals surface area contributed by atoms with Gasteiger partial charge in [0.2, 0.25) is 5.91 Å². The quantitative estimate of drug-likeness (QED) is 0.897. The van der Waals surface area contributed by atoms with Crippen molar-refractivity contribution in [3.63, 3.8) is 0 Å². The average Bonchev–Trinajstić information content (AvgIpc) is 2.56. The van der Waals surface area contributed by atoms with Crippen LogP contribution in [0, 0.1) is 0 Å². The molecular weight excluding hydrogens is 262 g/mol. The fraction of sp³-hybridized carbons (Fsp3) is 0.588. The number of amides is 1. The molecule has 0 radical (unpaired) electrons. The number of carbonyl (C=O) groups excluding carboxylic acids is 1. The van der Waals surface area contributed by atoms with Gasteiger partial charge in [-0.2, -0.15) is 0 Å². The molecule has 2 rings (SSSR count). The van der Waals surface area contributed by atoms with Crippen LogP contribution in [-0.2, 0) is 4.79 Å². The third-order valence-electron chi connectivity index (χ3n) is 4.64. The summed E-state index contributed by atoms with van der Waals surface area (Å²) < 4.78 is 0. The Balaban J connectivity index is 2.01. The number of benzene rings is 1. The molecule has 21 heavy (non-hydrogen) atoms. The molecule has 0 bridgehead atoms. The molecule has 1 aromatic carbocycles. The van der Waals surface area contributed by atoms with E-state index >= 15 is 0 Å². The van der Waals surface area contributed by atoms with Gasteiger partial charge in [0.15, 0.2) is 0 Å². The predicted molar refractivity (Wildman–Crippen MR) is 86.1 cm³/mol. The molecule has 1 fully saturated rings. The lowest BCUT2D eigenvalue weighted by Crippen LogP contribution is -2.47. The summed E-state index contributed by atoms with van der Waals surface area (Å²) in [6, 6.07) is 10.2. The summed E-state index contributed by atoms with van der Waals surface area (Å²) in [5.74, 6) is -0.0703. The van der Waals surface area contributed by atoms with Crippen LogP contribution < -0.4 is 5.73 Å². The van der Waals surface area contributed by atoms with E-state index < -0.39 is 0 Å². The van der Waals surface area contributed by atoms with Gasteiger partial charge in [0.05, 0.1) is 5.92 Å². The molecule has 4 nitrogen and oxygen atoms in total. The summed E-state index contributed by atoms with van der Waals surface area (Å²) in [4.78, 5) is 17.1. The second kappa shape index (κ2) is 7.57. The van der Waals surface area contributed by atoms with Crippen LogP contribution in [0.4, 0.5) is 0 Å². The number of hydrogen-bond donors (Lipinski definition) is 1. The van der Waals surface area contributed by atoms with Crippen molar-refractivity contribution in [2.24, 2.45) is 5.73 Å². The first-order chi connectivity index (χ1) is 10.2. The molecule has 1 aliphatic rings. The zero-order valence-corrected chi connectivity index (χ0v) is 13.2. The van der Waals surface area contributed by atoms with E-state index in [0.717, 1.165) is 38.0 Å². The predicted octanol–water partition coefficient (Wildman–Crippen LogP) is 1.67. The van der Waals surface area contributed by atoms with Crippen molar-refractivity contribution in [3.8, 4) is 0 Å². The maximum absolute atomic E-state index is 12.8. The molecule has 1 unspecified atom stereocenters. The number of nitrogens with zero attached hydrogens (tertiary/aromatic N) is 2. The molecule has 1 amide bonds. The molecule has 0 aromatic heterocycles. The van der Waals surface area contributed by atoms with Crippen molar-refractivity contribution in [3.05, 3.63) is 35.9 Å². The molecule has 1 saturated heterocycles. The largest absolute Gasteiger partial charge is 0.342 e. The highest BCUT2D eigenvalue weighted by Crippen LogP contribution is 2.21. The lowest BCUT2D eigenvalue weighted by Gasteiger charge is -2.37. The van der Waals surface area contributed by atoms with E-state index in [2.05, 4.69) is 11.8 Å². The first-order valence-electron chi connectivity index (χ1n) is 7.91. The normalized spacial score (nSPS) is 18.4. The van der Waals surface area contributed by atoms with E-state index in [0.29, 0.717) is 12.6 Å². The monoisotopic (exact) mass is 289 g/mol. The van der Waals surface area contributed by atoms with Crippen LogP contribution in [-0.4, -0.2) is 55.0 Å². The van der Waals surface area contributed by atoms with Gasteiger partial charge in [0.1, 0.15) is 0 Å². The minimum absolute atomic E-state index is 0.152. The minimum Gasteiger partial charge on any atom is -0.342 e. The van der Waals surface area contributed by atoms with Gasteiger partial charge in [-0.25, -0.2) is 0 Å². The lowest BCUT2D eigenvalue weighted by atomic mass is 9.95. The Labute approximate surface area is 127 Å². The highest BCUT2D eigenvalue weighted by molar-refractivity contribution is 5.84. The number of nitrogens with two attached hydrogens (primary N) is 1. The number of carbonyl (C=O) groups is 1. The van der Waals surface area contributed by atoms with Gasteiger partial charge < -0.3 is 15.5 Å². The van der Waals surface area contributed by atoms with E-state index in [-0.39, 0.29) is 11.8 Å². The Hall–Kier alpha value is -1.39. The van der Waals surface area contributed by atoms with Crippen molar-refractivity contribution in [2.45, 2.75) is 31.7 Å². The van der Waals surface area contributed by atoms with Crippen molar-refractivity contribution < 1.29 is 4.79 Å². The van der Waals surface area contributed by atoms with Gasteiger partial charge in [-0.3, -0.25) is 4.79 Å². The number of likely N-dealkylation sites (N-methyl/N-ethyl adjacent to an activating group) is 1. The Morgan fingerprint density at radius 1 is 1.33 bits per heavy atom. The summed E-state index contributed by atoms with van der Waals surface area (Å²) in [5.41, 5.74) is 6.88. The second-order valence-corrected chi connectivity index (χ2v) is 5.81. The average molecular weight is 289 g/mol. The maximum atomic E-state index is 12.8. The number of rotatable bonds is 5. The minimum atomic E-state index is -0.222. The second-order valence-electron chi connectivity index (χ2n) is 5.81. The highest BCUT2D eigenvalue weighted by atomic mass is 16.2. The van der Waals surface area contributed by atoms with Crippen LogP contribution in [0.2, 0.25) is 0 Å². The molecule has 1 aromatic rings. The zero-order valence-electron chi connectivity index (χ0n) is 13.2. The summed E-state index contributed by atoms with van der Waals surface area (Å²) in [6.07, 6.45) is 2.12. The first kappa shape index (κ1) is 16.0. The summed E-state index contributed by atoms with van der Waals surface area (Å²) >= 11 is 0.